The molecule has 1 N–H and O–H groups in total. The highest BCUT2D eigenvalue weighted by Crippen LogP contribution is 2.26. The summed E-state index contributed by atoms with van der Waals surface area (Å²) in [5.74, 6) is 0. The van der Waals surface area contributed by atoms with E-state index in [9.17, 15) is 0 Å². The lowest BCUT2D eigenvalue weighted by Crippen LogP contribution is -2.25. The van der Waals surface area contributed by atoms with Gasteiger partial charge in [0.1, 0.15) is 0 Å². The maximum atomic E-state index is 6.42. The van der Waals surface area contributed by atoms with E-state index < -0.39 is 0 Å². The van der Waals surface area contributed by atoms with Gasteiger partial charge < -0.3 is 5.32 Å². The van der Waals surface area contributed by atoms with E-state index in [0.29, 0.717) is 0 Å². The number of nitrogens with zero attached hydrogens (tertiary/aromatic N) is 4. The fourth-order valence-corrected chi connectivity index (χ4v) is 2.60. The van der Waals surface area contributed by atoms with Gasteiger partial charge in [0.15, 0.2) is 0 Å². The van der Waals surface area contributed by atoms with Gasteiger partial charge in [-0.15, -0.1) is 0 Å². The smallest absolute Gasteiger partial charge is 0.0847 e. The molecular formula is C15H22ClN5. The number of aromatic nitrogens is 4. The normalized spacial score (nSPS) is 12.6. The van der Waals surface area contributed by atoms with Crippen LogP contribution in [-0.2, 0) is 13.0 Å². The third-order valence-electron chi connectivity index (χ3n) is 3.50. The molecule has 0 aliphatic carbocycles. The van der Waals surface area contributed by atoms with Gasteiger partial charge in [-0.3, -0.25) is 4.68 Å². The van der Waals surface area contributed by atoms with Gasteiger partial charge in [-0.25, -0.2) is 0 Å². The molecule has 0 aliphatic heterocycles. The van der Waals surface area contributed by atoms with Crippen LogP contribution < -0.4 is 5.32 Å². The number of nitrogens with one attached hydrogen (secondary N) is 1. The van der Waals surface area contributed by atoms with E-state index in [2.05, 4.69) is 34.5 Å². The van der Waals surface area contributed by atoms with Crippen LogP contribution in [0.4, 0.5) is 0 Å². The first-order valence-electron chi connectivity index (χ1n) is 7.39. The van der Waals surface area contributed by atoms with Gasteiger partial charge in [-0.05, 0) is 38.4 Å². The topological polar surface area (TPSA) is 55.6 Å². The van der Waals surface area contributed by atoms with Crippen molar-refractivity contribution in [2.45, 2.75) is 46.2 Å². The molecule has 0 bridgehead atoms. The van der Waals surface area contributed by atoms with Crippen molar-refractivity contribution in [2.75, 3.05) is 6.54 Å². The highest BCUT2D eigenvalue weighted by molar-refractivity contribution is 6.31. The molecule has 2 aromatic rings. The Balaban J connectivity index is 2.27. The lowest BCUT2D eigenvalue weighted by atomic mass is 10.0. The Labute approximate surface area is 130 Å². The van der Waals surface area contributed by atoms with Crippen molar-refractivity contribution in [3.05, 3.63) is 40.4 Å². The second-order valence-corrected chi connectivity index (χ2v) is 5.43. The predicted octanol–water partition coefficient (Wildman–Crippen LogP) is 2.94. The van der Waals surface area contributed by atoms with Crippen LogP contribution in [0.3, 0.4) is 0 Å². The van der Waals surface area contributed by atoms with Gasteiger partial charge >= 0.3 is 0 Å². The van der Waals surface area contributed by atoms with Crippen LogP contribution in [0.15, 0.2) is 18.5 Å². The number of aryl methyl sites for hydroxylation is 2. The summed E-state index contributed by atoms with van der Waals surface area (Å²) < 4.78 is 1.98. The van der Waals surface area contributed by atoms with Gasteiger partial charge in [-0.2, -0.15) is 15.3 Å². The molecule has 0 amide bonds. The van der Waals surface area contributed by atoms with Crippen molar-refractivity contribution in [1.82, 2.24) is 25.3 Å². The second-order valence-electron chi connectivity index (χ2n) is 5.05. The highest BCUT2D eigenvalue weighted by atomic mass is 35.5. The summed E-state index contributed by atoms with van der Waals surface area (Å²) in [6.45, 7) is 7.94. The van der Waals surface area contributed by atoms with Crippen molar-refractivity contribution in [1.29, 1.82) is 0 Å². The predicted molar refractivity (Wildman–Crippen MR) is 84.4 cm³/mol. The van der Waals surface area contributed by atoms with Crippen molar-refractivity contribution < 1.29 is 0 Å². The third-order valence-corrected chi connectivity index (χ3v) is 3.99. The Kier molecular flexibility index (Phi) is 5.70. The van der Waals surface area contributed by atoms with E-state index in [1.165, 1.54) is 0 Å². The molecule has 0 saturated heterocycles. The molecule has 1 atom stereocenters. The Bertz CT molecular complexity index is 567. The van der Waals surface area contributed by atoms with E-state index >= 15 is 0 Å². The Morgan fingerprint density at radius 1 is 1.33 bits per heavy atom. The monoisotopic (exact) mass is 307 g/mol. The van der Waals surface area contributed by atoms with Crippen molar-refractivity contribution in [3.8, 4) is 0 Å². The number of hydrogen-bond donors (Lipinski definition) is 1. The van der Waals surface area contributed by atoms with E-state index in [-0.39, 0.29) is 6.04 Å². The van der Waals surface area contributed by atoms with Crippen LogP contribution in [0.5, 0.6) is 0 Å². The van der Waals surface area contributed by atoms with Crippen LogP contribution >= 0.6 is 11.6 Å². The molecular weight excluding hydrogens is 286 g/mol. The minimum Gasteiger partial charge on any atom is -0.310 e. The molecule has 21 heavy (non-hydrogen) atoms. The third kappa shape index (κ3) is 3.80. The molecule has 114 valence electrons. The number of hydrogen-bond acceptors (Lipinski definition) is 4. The van der Waals surface area contributed by atoms with Crippen molar-refractivity contribution >= 4 is 11.6 Å². The minimum atomic E-state index is 0.166. The number of halogens is 1. The molecule has 2 rings (SSSR count). The summed E-state index contributed by atoms with van der Waals surface area (Å²) in [5, 5.41) is 16.6. The maximum absolute atomic E-state index is 6.42. The van der Waals surface area contributed by atoms with Gasteiger partial charge in [-0.1, -0.05) is 18.5 Å². The molecule has 0 saturated carbocycles. The first-order chi connectivity index (χ1) is 10.2. The average Bonchev–Trinajstić information content (AvgIpc) is 2.79. The van der Waals surface area contributed by atoms with Crippen LogP contribution in [0.25, 0.3) is 0 Å². The zero-order valence-corrected chi connectivity index (χ0v) is 13.6. The maximum Gasteiger partial charge on any atom is 0.0847 e. The van der Waals surface area contributed by atoms with Crippen LogP contribution in [0, 0.1) is 6.92 Å². The van der Waals surface area contributed by atoms with Crippen LogP contribution in [0.2, 0.25) is 5.02 Å². The fourth-order valence-electron chi connectivity index (χ4n) is 2.39. The zero-order chi connectivity index (χ0) is 15.2. The Morgan fingerprint density at radius 2 is 2.14 bits per heavy atom. The molecule has 6 heteroatoms. The van der Waals surface area contributed by atoms with Crippen molar-refractivity contribution in [3.63, 3.8) is 0 Å². The molecule has 0 spiro atoms. The summed E-state index contributed by atoms with van der Waals surface area (Å²) in [4.78, 5) is 0. The molecule has 2 aromatic heterocycles. The van der Waals surface area contributed by atoms with Gasteiger partial charge in [0.05, 0.1) is 22.6 Å². The van der Waals surface area contributed by atoms with Crippen LogP contribution in [0.1, 0.15) is 43.3 Å². The van der Waals surface area contributed by atoms with Gasteiger partial charge in [0.2, 0.25) is 0 Å². The Hall–Kier alpha value is -1.46. The highest BCUT2D eigenvalue weighted by Gasteiger charge is 2.19. The van der Waals surface area contributed by atoms with Gasteiger partial charge in [0.25, 0.3) is 0 Å². The molecule has 0 aromatic carbocycles. The first kappa shape index (κ1) is 15.9. The average molecular weight is 308 g/mol. The lowest BCUT2D eigenvalue weighted by Gasteiger charge is -2.19. The fraction of sp³-hybridized carbons (Fsp3) is 0.533. The molecule has 0 fully saturated rings. The van der Waals surface area contributed by atoms with E-state index in [1.807, 2.05) is 17.7 Å². The largest absolute Gasteiger partial charge is 0.310 e. The quantitative estimate of drug-likeness (QED) is 0.854. The summed E-state index contributed by atoms with van der Waals surface area (Å²) in [6.07, 6.45) is 5.40. The standard InChI is InChI=1S/C15H22ClN5/c1-4-7-17-13(12-6-8-18-19-10-12)9-14-15(16)11(3)20-21(14)5-2/h6,8,10,13,17H,4-5,7,9H2,1-3H3. The van der Waals surface area contributed by atoms with Crippen molar-refractivity contribution in [2.24, 2.45) is 0 Å². The minimum absolute atomic E-state index is 0.166. The summed E-state index contributed by atoms with van der Waals surface area (Å²) in [5.41, 5.74) is 3.08. The molecule has 1 unspecified atom stereocenters. The Morgan fingerprint density at radius 3 is 2.76 bits per heavy atom. The number of rotatable bonds is 7. The zero-order valence-electron chi connectivity index (χ0n) is 12.8. The summed E-state index contributed by atoms with van der Waals surface area (Å²) in [7, 11) is 0. The summed E-state index contributed by atoms with van der Waals surface area (Å²) in [6, 6.07) is 2.16. The van der Waals surface area contributed by atoms with E-state index in [0.717, 1.165) is 47.9 Å². The second kappa shape index (κ2) is 7.52. The summed E-state index contributed by atoms with van der Waals surface area (Å²) >= 11 is 6.42. The lowest BCUT2D eigenvalue weighted by molar-refractivity contribution is 0.500. The van der Waals surface area contributed by atoms with E-state index in [4.69, 9.17) is 11.6 Å². The molecule has 0 radical (unpaired) electrons. The first-order valence-corrected chi connectivity index (χ1v) is 7.76. The SMILES string of the molecule is CCCNC(Cc1c(Cl)c(C)nn1CC)c1ccnnc1. The van der Waals surface area contributed by atoms with Crippen LogP contribution in [-0.4, -0.2) is 26.5 Å². The van der Waals surface area contributed by atoms with Gasteiger partial charge in [0, 0.05) is 25.2 Å². The molecule has 2 heterocycles. The molecule has 0 aliphatic rings. The molecule has 5 nitrogen and oxygen atoms in total. The van der Waals surface area contributed by atoms with E-state index in [1.54, 1.807) is 12.4 Å².